The molecule has 15 heavy (non-hydrogen) atoms. The predicted molar refractivity (Wildman–Crippen MR) is 48.1 cm³/mol. The number of carbonyl (C=O) groups is 2. The molecule has 1 heterocycles. The number of hydrogen-bond acceptors (Lipinski definition) is 4. The molecule has 3 N–H and O–H groups in total. The van der Waals surface area contributed by atoms with Gasteiger partial charge < -0.3 is 10.4 Å². The SMILES string of the molecule is O=C(NC1(C(=O)O)CCC1)c1ncn[nH]1. The number of hydrogen-bond donors (Lipinski definition) is 3. The van der Waals surface area contributed by atoms with Crippen molar-refractivity contribution in [2.75, 3.05) is 0 Å². The molecular formula is C8H10N4O3. The molecule has 1 aromatic rings. The summed E-state index contributed by atoms with van der Waals surface area (Å²) in [5.41, 5.74) is -1.11. The van der Waals surface area contributed by atoms with Crippen LogP contribution in [-0.4, -0.2) is 37.7 Å². The smallest absolute Gasteiger partial charge is 0.329 e. The van der Waals surface area contributed by atoms with E-state index in [1.807, 2.05) is 0 Å². The molecule has 1 aromatic heterocycles. The van der Waals surface area contributed by atoms with Gasteiger partial charge in [0, 0.05) is 0 Å². The summed E-state index contributed by atoms with van der Waals surface area (Å²) in [7, 11) is 0. The Morgan fingerprint density at radius 3 is 2.67 bits per heavy atom. The summed E-state index contributed by atoms with van der Waals surface area (Å²) >= 11 is 0. The van der Waals surface area contributed by atoms with Crippen LogP contribution in [0.25, 0.3) is 0 Å². The van der Waals surface area contributed by atoms with Gasteiger partial charge in [-0.2, -0.15) is 5.10 Å². The Kier molecular flexibility index (Phi) is 2.14. The van der Waals surface area contributed by atoms with Gasteiger partial charge in [-0.1, -0.05) is 0 Å². The highest BCUT2D eigenvalue weighted by Crippen LogP contribution is 2.32. The highest BCUT2D eigenvalue weighted by Gasteiger charge is 2.46. The van der Waals surface area contributed by atoms with Crippen LogP contribution in [0.3, 0.4) is 0 Å². The summed E-state index contributed by atoms with van der Waals surface area (Å²) < 4.78 is 0. The summed E-state index contributed by atoms with van der Waals surface area (Å²) in [6.45, 7) is 0. The highest BCUT2D eigenvalue weighted by molar-refractivity contribution is 5.95. The van der Waals surface area contributed by atoms with E-state index < -0.39 is 17.4 Å². The Morgan fingerprint density at radius 1 is 1.53 bits per heavy atom. The third-order valence-corrected chi connectivity index (χ3v) is 2.60. The fourth-order valence-corrected chi connectivity index (χ4v) is 1.51. The Balaban J connectivity index is 2.08. The predicted octanol–water partition coefficient (Wildman–Crippen LogP) is -0.458. The quantitative estimate of drug-likeness (QED) is 0.625. The number of aliphatic carboxylic acids is 1. The largest absolute Gasteiger partial charge is 0.480 e. The Hall–Kier alpha value is -1.92. The van der Waals surface area contributed by atoms with Crippen LogP contribution in [0, 0.1) is 0 Å². The van der Waals surface area contributed by atoms with E-state index in [0.717, 1.165) is 6.42 Å². The molecule has 1 aliphatic rings. The van der Waals surface area contributed by atoms with Crippen LogP contribution in [0.15, 0.2) is 6.33 Å². The molecule has 1 aliphatic carbocycles. The van der Waals surface area contributed by atoms with Crippen molar-refractivity contribution in [3.05, 3.63) is 12.2 Å². The van der Waals surface area contributed by atoms with Crippen molar-refractivity contribution in [1.82, 2.24) is 20.5 Å². The number of aromatic amines is 1. The number of aromatic nitrogens is 3. The lowest BCUT2D eigenvalue weighted by molar-refractivity contribution is -0.148. The fraction of sp³-hybridized carbons (Fsp3) is 0.500. The first kappa shape index (κ1) is 9.63. The zero-order valence-electron chi connectivity index (χ0n) is 7.86. The molecule has 1 saturated carbocycles. The molecule has 0 unspecified atom stereocenters. The van der Waals surface area contributed by atoms with E-state index in [1.54, 1.807) is 0 Å². The van der Waals surface area contributed by atoms with Gasteiger partial charge in [0.1, 0.15) is 11.9 Å². The number of carboxylic acid groups (broad SMARTS) is 1. The summed E-state index contributed by atoms with van der Waals surface area (Å²) in [6.07, 6.45) is 2.93. The number of H-pyrrole nitrogens is 1. The second kappa shape index (κ2) is 3.34. The Labute approximate surface area is 84.9 Å². The van der Waals surface area contributed by atoms with E-state index in [0.29, 0.717) is 12.8 Å². The lowest BCUT2D eigenvalue weighted by Crippen LogP contribution is -2.59. The summed E-state index contributed by atoms with van der Waals surface area (Å²) in [5.74, 6) is -1.50. The molecule has 7 heteroatoms. The van der Waals surface area contributed by atoms with Crippen molar-refractivity contribution in [1.29, 1.82) is 0 Å². The van der Waals surface area contributed by atoms with E-state index in [4.69, 9.17) is 5.11 Å². The number of rotatable bonds is 3. The zero-order chi connectivity index (χ0) is 10.9. The summed E-state index contributed by atoms with van der Waals surface area (Å²) in [5, 5.41) is 17.3. The lowest BCUT2D eigenvalue weighted by atomic mass is 9.77. The second-order valence-corrected chi connectivity index (χ2v) is 3.53. The Bertz CT molecular complexity index is 383. The van der Waals surface area contributed by atoms with E-state index >= 15 is 0 Å². The molecule has 0 atom stereocenters. The summed E-state index contributed by atoms with van der Waals surface area (Å²) in [6, 6.07) is 0. The van der Waals surface area contributed by atoms with Crippen LogP contribution >= 0.6 is 0 Å². The molecule has 0 saturated heterocycles. The van der Waals surface area contributed by atoms with Gasteiger partial charge in [-0.25, -0.2) is 9.78 Å². The molecule has 0 radical (unpaired) electrons. The van der Waals surface area contributed by atoms with Gasteiger partial charge in [0.2, 0.25) is 5.82 Å². The van der Waals surface area contributed by atoms with Gasteiger partial charge in [0.25, 0.3) is 5.91 Å². The lowest BCUT2D eigenvalue weighted by Gasteiger charge is -2.37. The van der Waals surface area contributed by atoms with Crippen LogP contribution in [0.2, 0.25) is 0 Å². The standard InChI is InChI=1S/C8H10N4O3/c13-6(5-9-4-10-12-5)11-8(7(14)15)2-1-3-8/h4H,1-3H2,(H,11,13)(H,14,15)(H,9,10,12). The molecule has 7 nitrogen and oxygen atoms in total. The van der Waals surface area contributed by atoms with Gasteiger partial charge in [-0.05, 0) is 19.3 Å². The minimum absolute atomic E-state index is 0.0301. The van der Waals surface area contributed by atoms with E-state index in [9.17, 15) is 9.59 Å². The van der Waals surface area contributed by atoms with Crippen LogP contribution in [-0.2, 0) is 4.79 Å². The maximum absolute atomic E-state index is 11.5. The number of nitrogens with one attached hydrogen (secondary N) is 2. The molecule has 0 spiro atoms. The van der Waals surface area contributed by atoms with Crippen molar-refractivity contribution in [3.8, 4) is 0 Å². The maximum atomic E-state index is 11.5. The second-order valence-electron chi connectivity index (χ2n) is 3.53. The van der Waals surface area contributed by atoms with Crippen LogP contribution in [0.1, 0.15) is 29.9 Å². The number of carboxylic acids is 1. The van der Waals surface area contributed by atoms with Gasteiger partial charge in [0.05, 0.1) is 0 Å². The van der Waals surface area contributed by atoms with E-state index in [2.05, 4.69) is 20.5 Å². The van der Waals surface area contributed by atoms with E-state index in [-0.39, 0.29) is 5.82 Å². The molecular weight excluding hydrogens is 200 g/mol. The van der Waals surface area contributed by atoms with Crippen molar-refractivity contribution in [2.45, 2.75) is 24.8 Å². The van der Waals surface area contributed by atoms with Crippen molar-refractivity contribution < 1.29 is 14.7 Å². The van der Waals surface area contributed by atoms with Crippen molar-refractivity contribution in [3.63, 3.8) is 0 Å². The minimum atomic E-state index is -1.11. The van der Waals surface area contributed by atoms with Crippen molar-refractivity contribution in [2.24, 2.45) is 0 Å². The monoisotopic (exact) mass is 210 g/mol. The molecule has 0 aliphatic heterocycles. The molecule has 0 bridgehead atoms. The molecule has 1 amide bonds. The Morgan fingerprint density at radius 2 is 2.27 bits per heavy atom. The number of amides is 1. The molecule has 1 fully saturated rings. The third-order valence-electron chi connectivity index (χ3n) is 2.60. The minimum Gasteiger partial charge on any atom is -0.480 e. The first-order chi connectivity index (χ1) is 7.14. The maximum Gasteiger partial charge on any atom is 0.329 e. The average Bonchev–Trinajstić information content (AvgIpc) is 2.62. The van der Waals surface area contributed by atoms with E-state index in [1.165, 1.54) is 6.33 Å². The van der Waals surface area contributed by atoms with Gasteiger partial charge in [-0.3, -0.25) is 9.89 Å². The average molecular weight is 210 g/mol. The first-order valence-electron chi connectivity index (χ1n) is 4.55. The molecule has 0 aromatic carbocycles. The first-order valence-corrected chi connectivity index (χ1v) is 4.55. The normalized spacial score (nSPS) is 17.9. The van der Waals surface area contributed by atoms with Crippen LogP contribution < -0.4 is 5.32 Å². The van der Waals surface area contributed by atoms with Gasteiger partial charge in [-0.15, -0.1) is 0 Å². The van der Waals surface area contributed by atoms with Crippen LogP contribution in [0.4, 0.5) is 0 Å². The topological polar surface area (TPSA) is 108 Å². The number of carbonyl (C=O) groups excluding carboxylic acids is 1. The zero-order valence-corrected chi connectivity index (χ0v) is 7.86. The van der Waals surface area contributed by atoms with Gasteiger partial charge in [0.15, 0.2) is 0 Å². The summed E-state index contributed by atoms with van der Waals surface area (Å²) in [4.78, 5) is 26.1. The number of nitrogens with zero attached hydrogens (tertiary/aromatic N) is 2. The molecule has 2 rings (SSSR count). The van der Waals surface area contributed by atoms with Gasteiger partial charge >= 0.3 is 5.97 Å². The highest BCUT2D eigenvalue weighted by atomic mass is 16.4. The fourth-order valence-electron chi connectivity index (χ4n) is 1.51. The molecule has 80 valence electrons. The third kappa shape index (κ3) is 1.56. The van der Waals surface area contributed by atoms with Crippen molar-refractivity contribution >= 4 is 11.9 Å². The van der Waals surface area contributed by atoms with Crippen LogP contribution in [0.5, 0.6) is 0 Å².